The molecule has 0 unspecified atom stereocenters. The van der Waals surface area contributed by atoms with E-state index in [2.05, 4.69) is 4.52 Å². The average Bonchev–Trinajstić information content (AvgIpc) is 2.48. The maximum atomic E-state index is 10.5. The van der Waals surface area contributed by atoms with E-state index in [1.165, 1.54) is 0 Å². The Balaban J connectivity index is 2.32. The molecule has 6 nitrogen and oxygen atoms in total. The second-order valence-corrected chi connectivity index (χ2v) is 4.58. The van der Waals surface area contributed by atoms with Crippen LogP contribution in [0.5, 0.6) is 0 Å². The summed E-state index contributed by atoms with van der Waals surface area (Å²) < 4.78 is 14.9. The lowest BCUT2D eigenvalue weighted by Crippen LogP contribution is -2.34. The van der Waals surface area contributed by atoms with Crippen LogP contribution >= 0.6 is 7.82 Å². The molecule has 7 heteroatoms. The lowest BCUT2D eigenvalue weighted by atomic mass is 10.2. The zero-order valence-electron chi connectivity index (χ0n) is 7.87. The molecule has 1 saturated heterocycles. The number of nitrogens with zero attached hydrogens (tertiary/aromatic N) is 1. The van der Waals surface area contributed by atoms with E-state index in [1.807, 2.05) is 4.90 Å². The van der Waals surface area contributed by atoms with Gasteiger partial charge in [0.15, 0.2) is 0 Å². The molecule has 0 amide bonds. The summed E-state index contributed by atoms with van der Waals surface area (Å²) in [7, 11) is -4.35. The second kappa shape index (κ2) is 5.21. The first-order valence-corrected chi connectivity index (χ1v) is 6.11. The van der Waals surface area contributed by atoms with Crippen LogP contribution < -0.4 is 0 Å². The summed E-state index contributed by atoms with van der Waals surface area (Å²) in [4.78, 5) is 19.0. The lowest BCUT2D eigenvalue weighted by molar-refractivity contribution is 0.120. The van der Waals surface area contributed by atoms with Crippen LogP contribution in [0.3, 0.4) is 0 Å². The molecule has 0 aromatic heterocycles. The molecule has 3 N–H and O–H groups in total. The highest BCUT2D eigenvalue weighted by Gasteiger charge is 2.26. The molecule has 0 spiro atoms. The molecule has 1 rings (SSSR count). The number of phosphoric ester groups is 1. The van der Waals surface area contributed by atoms with Gasteiger partial charge in [0.25, 0.3) is 0 Å². The Labute approximate surface area is 82.7 Å². The first kappa shape index (κ1) is 12.1. The predicted octanol–water partition coefficient (Wildman–Crippen LogP) is -0.448. The molecule has 0 aromatic carbocycles. The molecule has 1 atom stereocenters. The van der Waals surface area contributed by atoms with Crippen molar-refractivity contribution in [1.29, 1.82) is 0 Å². The van der Waals surface area contributed by atoms with E-state index in [4.69, 9.17) is 14.9 Å². The highest BCUT2D eigenvalue weighted by Crippen LogP contribution is 2.36. The molecule has 1 aliphatic rings. The van der Waals surface area contributed by atoms with Crippen LogP contribution in [0, 0.1) is 0 Å². The molecule has 0 saturated carbocycles. The number of hydrogen-bond acceptors (Lipinski definition) is 4. The molecule has 0 aromatic rings. The summed E-state index contributed by atoms with van der Waals surface area (Å²) in [5.74, 6) is 0. The largest absolute Gasteiger partial charge is 0.469 e. The standard InChI is InChI=1S/C7H16NO5P/c9-5-4-8-3-1-2-7(8)6-13-14(10,11)12/h7,9H,1-6H2,(H2,10,11,12)/t7-/m1/s1. The van der Waals surface area contributed by atoms with Gasteiger partial charge in [-0.1, -0.05) is 0 Å². The van der Waals surface area contributed by atoms with Crippen LogP contribution in [-0.4, -0.2) is 52.1 Å². The topological polar surface area (TPSA) is 90.2 Å². The van der Waals surface area contributed by atoms with Gasteiger partial charge in [-0.15, -0.1) is 0 Å². The van der Waals surface area contributed by atoms with E-state index in [0.717, 1.165) is 19.4 Å². The zero-order chi connectivity index (χ0) is 10.6. The van der Waals surface area contributed by atoms with Crippen molar-refractivity contribution in [2.45, 2.75) is 18.9 Å². The van der Waals surface area contributed by atoms with Gasteiger partial charge in [-0.3, -0.25) is 9.42 Å². The summed E-state index contributed by atoms with van der Waals surface area (Å²) in [6.45, 7) is 1.49. The van der Waals surface area contributed by atoms with Gasteiger partial charge < -0.3 is 14.9 Å². The lowest BCUT2D eigenvalue weighted by Gasteiger charge is -2.23. The third-order valence-electron chi connectivity index (χ3n) is 2.32. The highest BCUT2D eigenvalue weighted by molar-refractivity contribution is 7.46. The highest BCUT2D eigenvalue weighted by atomic mass is 31.2. The van der Waals surface area contributed by atoms with E-state index in [-0.39, 0.29) is 19.3 Å². The van der Waals surface area contributed by atoms with Crippen LogP contribution in [0.15, 0.2) is 0 Å². The van der Waals surface area contributed by atoms with Gasteiger partial charge in [-0.05, 0) is 19.4 Å². The normalized spacial score (nSPS) is 24.4. The summed E-state index contributed by atoms with van der Waals surface area (Å²) in [5, 5.41) is 8.74. The van der Waals surface area contributed by atoms with Gasteiger partial charge in [0.05, 0.1) is 13.2 Å². The van der Waals surface area contributed by atoms with Gasteiger partial charge >= 0.3 is 7.82 Å². The third kappa shape index (κ3) is 4.04. The van der Waals surface area contributed by atoms with Crippen LogP contribution in [-0.2, 0) is 9.09 Å². The minimum atomic E-state index is -4.35. The average molecular weight is 225 g/mol. The van der Waals surface area contributed by atoms with Crippen LogP contribution in [0.1, 0.15) is 12.8 Å². The maximum Gasteiger partial charge on any atom is 0.469 e. The summed E-state index contributed by atoms with van der Waals surface area (Å²) in [5.41, 5.74) is 0. The van der Waals surface area contributed by atoms with Gasteiger partial charge in [-0.25, -0.2) is 4.57 Å². The van der Waals surface area contributed by atoms with E-state index in [1.54, 1.807) is 0 Å². The summed E-state index contributed by atoms with van der Waals surface area (Å²) in [6, 6.07) is 0.0229. The smallest absolute Gasteiger partial charge is 0.395 e. The number of phosphoric acid groups is 1. The number of aliphatic hydroxyl groups is 1. The number of β-amino-alcohol motifs (C(OH)–C–C–N with tert-alkyl or cyclic N) is 1. The van der Waals surface area contributed by atoms with Gasteiger partial charge in [0, 0.05) is 12.6 Å². The van der Waals surface area contributed by atoms with Crippen molar-refractivity contribution in [2.75, 3.05) is 26.3 Å². The van der Waals surface area contributed by atoms with Gasteiger partial charge in [0.2, 0.25) is 0 Å². The monoisotopic (exact) mass is 225 g/mol. The molecular formula is C7H16NO5P. The number of aliphatic hydroxyl groups excluding tert-OH is 1. The van der Waals surface area contributed by atoms with Crippen molar-refractivity contribution in [3.05, 3.63) is 0 Å². The molecule has 14 heavy (non-hydrogen) atoms. The maximum absolute atomic E-state index is 10.5. The number of rotatable bonds is 5. The number of hydrogen-bond donors (Lipinski definition) is 3. The zero-order valence-corrected chi connectivity index (χ0v) is 8.77. The molecule has 0 bridgehead atoms. The van der Waals surface area contributed by atoms with Crippen LogP contribution in [0.25, 0.3) is 0 Å². The van der Waals surface area contributed by atoms with Crippen molar-refractivity contribution in [3.63, 3.8) is 0 Å². The minimum Gasteiger partial charge on any atom is -0.395 e. The minimum absolute atomic E-state index is 0.0229. The Hall–Kier alpha value is 0.0300. The van der Waals surface area contributed by atoms with E-state index >= 15 is 0 Å². The molecule has 1 heterocycles. The summed E-state index contributed by atoms with van der Waals surface area (Å²) in [6.07, 6.45) is 1.84. The SMILES string of the molecule is O=P(O)(O)OC[C@H]1CCCN1CCO. The van der Waals surface area contributed by atoms with Crippen molar-refractivity contribution >= 4 is 7.82 Å². The fourth-order valence-electron chi connectivity index (χ4n) is 1.69. The van der Waals surface area contributed by atoms with Crippen LogP contribution in [0.2, 0.25) is 0 Å². The Bertz CT molecular complexity index is 218. The number of likely N-dealkylation sites (tertiary alicyclic amines) is 1. The van der Waals surface area contributed by atoms with E-state index < -0.39 is 7.82 Å². The van der Waals surface area contributed by atoms with Gasteiger partial charge in [-0.2, -0.15) is 0 Å². The summed E-state index contributed by atoms with van der Waals surface area (Å²) >= 11 is 0. The first-order chi connectivity index (χ1) is 6.53. The predicted molar refractivity (Wildman–Crippen MR) is 49.7 cm³/mol. The van der Waals surface area contributed by atoms with Gasteiger partial charge in [0.1, 0.15) is 0 Å². The van der Waals surface area contributed by atoms with Crippen molar-refractivity contribution in [2.24, 2.45) is 0 Å². The molecule has 1 fully saturated rings. The Morgan fingerprint density at radius 2 is 2.21 bits per heavy atom. The molecular weight excluding hydrogens is 209 g/mol. The van der Waals surface area contributed by atoms with Crippen molar-refractivity contribution in [3.8, 4) is 0 Å². The first-order valence-electron chi connectivity index (χ1n) is 4.58. The van der Waals surface area contributed by atoms with Crippen molar-refractivity contribution < 1.29 is 24.0 Å². The molecule has 0 aliphatic carbocycles. The van der Waals surface area contributed by atoms with Crippen LogP contribution in [0.4, 0.5) is 0 Å². The quantitative estimate of drug-likeness (QED) is 0.549. The molecule has 84 valence electrons. The Morgan fingerprint density at radius 1 is 1.50 bits per heavy atom. The fraction of sp³-hybridized carbons (Fsp3) is 1.00. The second-order valence-electron chi connectivity index (χ2n) is 3.34. The Morgan fingerprint density at radius 3 is 2.79 bits per heavy atom. The molecule has 0 radical (unpaired) electrons. The van der Waals surface area contributed by atoms with Crippen molar-refractivity contribution in [1.82, 2.24) is 4.90 Å². The fourth-order valence-corrected chi connectivity index (χ4v) is 2.06. The van der Waals surface area contributed by atoms with E-state index in [0.29, 0.717) is 6.54 Å². The Kier molecular flexibility index (Phi) is 4.50. The molecule has 1 aliphatic heterocycles. The third-order valence-corrected chi connectivity index (χ3v) is 2.81. The van der Waals surface area contributed by atoms with E-state index in [9.17, 15) is 4.57 Å².